The molecule has 2 aliphatic heterocycles. The van der Waals surface area contributed by atoms with Gasteiger partial charge in [0.05, 0.1) is 5.54 Å². The fourth-order valence-electron chi connectivity index (χ4n) is 6.49. The second-order valence-electron chi connectivity index (χ2n) is 10.0. The van der Waals surface area contributed by atoms with Gasteiger partial charge in [-0.1, -0.05) is 60.8 Å². The van der Waals surface area contributed by atoms with Crippen molar-refractivity contribution in [2.75, 3.05) is 26.2 Å². The lowest BCUT2D eigenvalue weighted by Gasteiger charge is -2.47. The molecule has 170 valence electrons. The first kappa shape index (κ1) is 22.1. The summed E-state index contributed by atoms with van der Waals surface area (Å²) in [6.45, 7) is 4.43. The quantitative estimate of drug-likeness (QED) is 0.502. The number of halogens is 1. The first-order valence-electron chi connectivity index (χ1n) is 12.5. The average molecular weight is 451 g/mol. The Hall–Kier alpha value is -1.68. The molecule has 1 unspecified atom stereocenters. The normalized spacial score (nSPS) is 24.3. The van der Waals surface area contributed by atoms with Gasteiger partial charge in [-0.05, 0) is 92.9 Å². The smallest absolute Gasteiger partial charge is 0.140 e. The molecule has 1 atom stereocenters. The first-order valence-corrected chi connectivity index (χ1v) is 12.8. The summed E-state index contributed by atoms with van der Waals surface area (Å²) in [4.78, 5) is 17.6. The molecule has 0 amide bonds. The van der Waals surface area contributed by atoms with Crippen LogP contribution in [0.5, 0.6) is 0 Å². The average Bonchev–Trinajstić information content (AvgIpc) is 3.33. The second-order valence-corrected chi connectivity index (χ2v) is 10.5. The highest BCUT2D eigenvalue weighted by atomic mass is 35.5. The summed E-state index contributed by atoms with van der Waals surface area (Å²) in [5.41, 5.74) is 4.13. The summed E-state index contributed by atoms with van der Waals surface area (Å²) < 4.78 is 0. The highest BCUT2D eigenvalue weighted by molar-refractivity contribution is 6.30. The largest absolute Gasteiger partial charge is 0.303 e. The number of benzene rings is 2. The molecule has 0 radical (unpaired) electrons. The first-order chi connectivity index (χ1) is 15.7. The molecule has 0 spiro atoms. The SMILES string of the molecule is O=CC1(N2CCc3ccccc3C2CCN2CCC(c3ccc(Cl)cc3)CC2)CCCC1. The molecule has 1 aliphatic carbocycles. The molecule has 3 aliphatic rings. The zero-order valence-electron chi connectivity index (χ0n) is 19.0. The summed E-state index contributed by atoms with van der Waals surface area (Å²) in [6, 6.07) is 17.7. The van der Waals surface area contributed by atoms with E-state index in [1.54, 1.807) is 0 Å². The Morgan fingerprint density at radius 3 is 2.41 bits per heavy atom. The van der Waals surface area contributed by atoms with Crippen LogP contribution in [-0.2, 0) is 11.2 Å². The Bertz CT molecular complexity index is 913. The number of carbonyl (C=O) groups excluding carboxylic acids is 1. The van der Waals surface area contributed by atoms with E-state index in [4.69, 9.17) is 11.6 Å². The number of aldehydes is 1. The van der Waals surface area contributed by atoms with E-state index in [0.29, 0.717) is 12.0 Å². The van der Waals surface area contributed by atoms with Crippen LogP contribution in [-0.4, -0.2) is 47.8 Å². The van der Waals surface area contributed by atoms with Crippen LogP contribution in [0.4, 0.5) is 0 Å². The van der Waals surface area contributed by atoms with Crippen LogP contribution in [0.1, 0.15) is 73.6 Å². The molecule has 2 fully saturated rings. The van der Waals surface area contributed by atoms with Crippen LogP contribution >= 0.6 is 11.6 Å². The minimum Gasteiger partial charge on any atom is -0.303 e. The Labute approximate surface area is 197 Å². The summed E-state index contributed by atoms with van der Waals surface area (Å²) in [5.74, 6) is 0.646. The third kappa shape index (κ3) is 4.40. The Morgan fingerprint density at radius 1 is 0.969 bits per heavy atom. The van der Waals surface area contributed by atoms with Gasteiger partial charge in [0.15, 0.2) is 0 Å². The molecule has 4 heteroatoms. The monoisotopic (exact) mass is 450 g/mol. The Kier molecular flexibility index (Phi) is 6.69. The molecule has 0 N–H and O–H groups in total. The Balaban J connectivity index is 1.26. The third-order valence-electron chi connectivity index (χ3n) is 8.32. The molecule has 1 saturated heterocycles. The number of nitrogens with zero attached hydrogens (tertiary/aromatic N) is 2. The number of piperidine rings is 1. The van der Waals surface area contributed by atoms with E-state index in [1.807, 2.05) is 12.1 Å². The van der Waals surface area contributed by atoms with Gasteiger partial charge in [0, 0.05) is 17.6 Å². The third-order valence-corrected chi connectivity index (χ3v) is 8.57. The van der Waals surface area contributed by atoms with Gasteiger partial charge in [0.2, 0.25) is 0 Å². The summed E-state index contributed by atoms with van der Waals surface area (Å²) in [6.07, 6.45) is 10.3. The maximum absolute atomic E-state index is 12.3. The maximum atomic E-state index is 12.3. The highest BCUT2D eigenvalue weighted by Gasteiger charge is 2.44. The molecule has 3 nitrogen and oxygen atoms in total. The zero-order valence-corrected chi connectivity index (χ0v) is 19.8. The fraction of sp³-hybridized carbons (Fsp3) is 0.536. The second kappa shape index (κ2) is 9.67. The van der Waals surface area contributed by atoms with Gasteiger partial charge in [0.25, 0.3) is 0 Å². The predicted octanol–water partition coefficient (Wildman–Crippen LogP) is 6.02. The molecule has 32 heavy (non-hydrogen) atoms. The van der Waals surface area contributed by atoms with Crippen molar-refractivity contribution in [3.8, 4) is 0 Å². The lowest BCUT2D eigenvalue weighted by Crippen LogP contribution is -2.53. The summed E-state index contributed by atoms with van der Waals surface area (Å²) in [5, 5.41) is 0.818. The maximum Gasteiger partial charge on any atom is 0.140 e. The standard InChI is InChI=1S/C28H35ClN2O/c29-25-9-7-22(8-10-25)23-11-17-30(18-12-23)19-14-27-26-6-2-1-5-24(26)13-20-31(27)28(21-32)15-3-4-16-28/h1-2,5-10,21,23,27H,3-4,11-20H2. The van der Waals surface area contributed by atoms with Crippen molar-refractivity contribution in [3.05, 3.63) is 70.2 Å². The molecule has 2 aromatic carbocycles. The lowest BCUT2D eigenvalue weighted by molar-refractivity contribution is -0.121. The number of likely N-dealkylation sites (tertiary alicyclic amines) is 1. The van der Waals surface area contributed by atoms with E-state index in [2.05, 4.69) is 46.2 Å². The van der Waals surface area contributed by atoms with Crippen LogP contribution in [0.2, 0.25) is 5.02 Å². The van der Waals surface area contributed by atoms with E-state index >= 15 is 0 Å². The van der Waals surface area contributed by atoms with Gasteiger partial charge in [0.1, 0.15) is 6.29 Å². The van der Waals surface area contributed by atoms with Crippen molar-refractivity contribution in [3.63, 3.8) is 0 Å². The van der Waals surface area contributed by atoms with Crippen LogP contribution in [0, 0.1) is 0 Å². The van der Waals surface area contributed by atoms with E-state index in [1.165, 1.54) is 48.7 Å². The minimum atomic E-state index is -0.236. The van der Waals surface area contributed by atoms with Crippen molar-refractivity contribution < 1.29 is 4.79 Å². The van der Waals surface area contributed by atoms with Crippen LogP contribution in [0.3, 0.4) is 0 Å². The summed E-state index contributed by atoms with van der Waals surface area (Å²) >= 11 is 6.07. The van der Waals surface area contributed by atoms with Crippen molar-refractivity contribution >= 4 is 17.9 Å². The summed E-state index contributed by atoms with van der Waals surface area (Å²) in [7, 11) is 0. The van der Waals surface area contributed by atoms with Crippen LogP contribution in [0.15, 0.2) is 48.5 Å². The molecule has 1 saturated carbocycles. The number of hydrogen-bond donors (Lipinski definition) is 0. The molecule has 0 bridgehead atoms. The molecule has 2 aromatic rings. The van der Waals surface area contributed by atoms with Gasteiger partial charge in [-0.3, -0.25) is 4.90 Å². The number of rotatable bonds is 6. The zero-order chi connectivity index (χ0) is 22.0. The van der Waals surface area contributed by atoms with E-state index in [0.717, 1.165) is 56.9 Å². The van der Waals surface area contributed by atoms with E-state index in [9.17, 15) is 4.79 Å². The van der Waals surface area contributed by atoms with Gasteiger partial charge in [-0.2, -0.15) is 0 Å². The van der Waals surface area contributed by atoms with Crippen molar-refractivity contribution in [2.24, 2.45) is 0 Å². The van der Waals surface area contributed by atoms with Gasteiger partial charge in [-0.25, -0.2) is 0 Å². The molecule has 5 rings (SSSR count). The minimum absolute atomic E-state index is 0.236. The van der Waals surface area contributed by atoms with Crippen molar-refractivity contribution in [1.29, 1.82) is 0 Å². The molecule has 2 heterocycles. The van der Waals surface area contributed by atoms with Gasteiger partial charge < -0.3 is 9.69 Å². The Morgan fingerprint density at radius 2 is 1.69 bits per heavy atom. The molecular formula is C28H35ClN2O. The lowest BCUT2D eigenvalue weighted by atomic mass is 9.84. The van der Waals surface area contributed by atoms with Crippen molar-refractivity contribution in [1.82, 2.24) is 9.80 Å². The van der Waals surface area contributed by atoms with Crippen molar-refractivity contribution in [2.45, 2.75) is 68.9 Å². The highest BCUT2D eigenvalue weighted by Crippen LogP contribution is 2.43. The number of fused-ring (bicyclic) bond motifs is 1. The van der Waals surface area contributed by atoms with Crippen LogP contribution in [0.25, 0.3) is 0 Å². The van der Waals surface area contributed by atoms with Crippen LogP contribution < -0.4 is 0 Å². The van der Waals surface area contributed by atoms with Gasteiger partial charge in [-0.15, -0.1) is 0 Å². The van der Waals surface area contributed by atoms with E-state index in [-0.39, 0.29) is 5.54 Å². The number of carbonyl (C=O) groups is 1. The van der Waals surface area contributed by atoms with Gasteiger partial charge >= 0.3 is 0 Å². The molecular weight excluding hydrogens is 416 g/mol. The van der Waals surface area contributed by atoms with E-state index < -0.39 is 0 Å². The fourth-order valence-corrected chi connectivity index (χ4v) is 6.61. The number of hydrogen-bond acceptors (Lipinski definition) is 3. The topological polar surface area (TPSA) is 23.6 Å². The predicted molar refractivity (Wildman–Crippen MR) is 131 cm³/mol. The molecule has 0 aromatic heterocycles.